The molecule has 1 atom stereocenters. The zero-order valence-electron chi connectivity index (χ0n) is 14.4. The van der Waals surface area contributed by atoms with E-state index in [2.05, 4.69) is 17.3 Å². The normalized spacial score (nSPS) is 18.9. The summed E-state index contributed by atoms with van der Waals surface area (Å²) in [6.45, 7) is 8.23. The SMILES string of the molecule is CCNC(C)(CCCCN(C)C1CCCC1)C(=O)OCC. The molecule has 1 N–H and O–H groups in total. The Balaban J connectivity index is 2.30. The van der Waals surface area contributed by atoms with Gasteiger partial charge in [-0.05, 0) is 66.1 Å². The van der Waals surface area contributed by atoms with E-state index >= 15 is 0 Å². The first-order chi connectivity index (χ1) is 10.0. The van der Waals surface area contributed by atoms with E-state index < -0.39 is 5.54 Å². The Kier molecular flexibility index (Phi) is 8.27. The third-order valence-corrected chi connectivity index (χ3v) is 4.68. The van der Waals surface area contributed by atoms with Crippen LogP contribution in [0, 0.1) is 0 Å². The molecular formula is C17H34N2O2. The minimum Gasteiger partial charge on any atom is -0.465 e. The van der Waals surface area contributed by atoms with Crippen molar-refractivity contribution in [3.63, 3.8) is 0 Å². The number of esters is 1. The van der Waals surface area contributed by atoms with Crippen LogP contribution in [-0.4, -0.2) is 49.2 Å². The zero-order valence-corrected chi connectivity index (χ0v) is 14.4. The number of nitrogens with zero attached hydrogens (tertiary/aromatic N) is 1. The van der Waals surface area contributed by atoms with E-state index in [1.807, 2.05) is 20.8 Å². The predicted octanol–water partition coefficient (Wildman–Crippen LogP) is 2.96. The lowest BCUT2D eigenvalue weighted by molar-refractivity contribution is -0.150. The highest BCUT2D eigenvalue weighted by molar-refractivity contribution is 5.80. The standard InChI is InChI=1S/C17H34N2O2/c1-5-18-17(3,16(20)21-6-2)13-9-10-14-19(4)15-11-7-8-12-15/h15,18H,5-14H2,1-4H3. The smallest absolute Gasteiger partial charge is 0.326 e. The second-order valence-electron chi connectivity index (χ2n) is 6.46. The number of carbonyl (C=O) groups is 1. The molecule has 0 aliphatic heterocycles. The Morgan fingerprint density at radius 3 is 2.52 bits per heavy atom. The Bertz CT molecular complexity index is 303. The van der Waals surface area contributed by atoms with Crippen molar-refractivity contribution in [3.05, 3.63) is 0 Å². The summed E-state index contributed by atoms with van der Waals surface area (Å²) in [7, 11) is 2.24. The molecule has 0 amide bonds. The summed E-state index contributed by atoms with van der Waals surface area (Å²) in [5.41, 5.74) is -0.531. The van der Waals surface area contributed by atoms with Gasteiger partial charge in [0, 0.05) is 6.04 Å². The maximum atomic E-state index is 12.1. The van der Waals surface area contributed by atoms with E-state index in [9.17, 15) is 4.79 Å². The molecular weight excluding hydrogens is 264 g/mol. The van der Waals surface area contributed by atoms with Crippen molar-refractivity contribution in [1.29, 1.82) is 0 Å². The topological polar surface area (TPSA) is 41.6 Å². The minimum atomic E-state index is -0.531. The van der Waals surface area contributed by atoms with E-state index in [4.69, 9.17) is 4.74 Å². The molecule has 21 heavy (non-hydrogen) atoms. The van der Waals surface area contributed by atoms with Gasteiger partial charge < -0.3 is 15.0 Å². The second-order valence-corrected chi connectivity index (χ2v) is 6.46. The Labute approximate surface area is 130 Å². The van der Waals surface area contributed by atoms with Crippen LogP contribution in [0.4, 0.5) is 0 Å². The van der Waals surface area contributed by atoms with Crippen LogP contribution in [0.15, 0.2) is 0 Å². The molecule has 0 bridgehead atoms. The van der Waals surface area contributed by atoms with Gasteiger partial charge in [-0.15, -0.1) is 0 Å². The van der Waals surface area contributed by atoms with Crippen molar-refractivity contribution in [1.82, 2.24) is 10.2 Å². The number of ether oxygens (including phenoxy) is 1. The molecule has 0 aromatic rings. The van der Waals surface area contributed by atoms with E-state index in [1.165, 1.54) is 25.7 Å². The Morgan fingerprint density at radius 1 is 1.29 bits per heavy atom. The molecule has 1 fully saturated rings. The highest BCUT2D eigenvalue weighted by Crippen LogP contribution is 2.23. The van der Waals surface area contributed by atoms with E-state index in [0.29, 0.717) is 6.61 Å². The summed E-state index contributed by atoms with van der Waals surface area (Å²) in [5.74, 6) is -0.115. The van der Waals surface area contributed by atoms with Gasteiger partial charge in [0.05, 0.1) is 6.61 Å². The van der Waals surface area contributed by atoms with E-state index in [-0.39, 0.29) is 5.97 Å². The molecule has 0 aromatic heterocycles. The van der Waals surface area contributed by atoms with Crippen molar-refractivity contribution in [3.8, 4) is 0 Å². The van der Waals surface area contributed by atoms with Crippen LogP contribution in [0.1, 0.15) is 65.7 Å². The predicted molar refractivity (Wildman–Crippen MR) is 87.5 cm³/mol. The largest absolute Gasteiger partial charge is 0.465 e. The third kappa shape index (κ3) is 5.95. The van der Waals surface area contributed by atoms with Crippen LogP contribution in [0.2, 0.25) is 0 Å². The molecule has 124 valence electrons. The molecule has 0 saturated heterocycles. The van der Waals surface area contributed by atoms with Gasteiger partial charge in [0.15, 0.2) is 0 Å². The van der Waals surface area contributed by atoms with Gasteiger partial charge in [0.1, 0.15) is 5.54 Å². The summed E-state index contributed by atoms with van der Waals surface area (Å²) in [6.07, 6.45) is 8.53. The van der Waals surface area contributed by atoms with Gasteiger partial charge in [-0.3, -0.25) is 4.79 Å². The molecule has 1 aliphatic carbocycles. The highest BCUT2D eigenvalue weighted by Gasteiger charge is 2.33. The quantitative estimate of drug-likeness (QED) is 0.497. The van der Waals surface area contributed by atoms with Crippen molar-refractivity contribution in [2.24, 2.45) is 0 Å². The Morgan fingerprint density at radius 2 is 1.95 bits per heavy atom. The average molecular weight is 298 g/mol. The molecule has 0 radical (unpaired) electrons. The molecule has 1 rings (SSSR count). The molecule has 4 nitrogen and oxygen atoms in total. The number of hydrogen-bond acceptors (Lipinski definition) is 4. The average Bonchev–Trinajstić information content (AvgIpc) is 2.98. The lowest BCUT2D eigenvalue weighted by Crippen LogP contribution is -2.50. The number of nitrogens with one attached hydrogen (secondary N) is 1. The Hall–Kier alpha value is -0.610. The van der Waals surface area contributed by atoms with Crippen molar-refractivity contribution < 1.29 is 9.53 Å². The van der Waals surface area contributed by atoms with Gasteiger partial charge in [0.2, 0.25) is 0 Å². The van der Waals surface area contributed by atoms with Crippen LogP contribution in [0.5, 0.6) is 0 Å². The van der Waals surface area contributed by atoms with Crippen molar-refractivity contribution >= 4 is 5.97 Å². The van der Waals surface area contributed by atoms with E-state index in [0.717, 1.165) is 38.4 Å². The first-order valence-electron chi connectivity index (χ1n) is 8.66. The first-order valence-corrected chi connectivity index (χ1v) is 8.66. The van der Waals surface area contributed by atoms with Crippen molar-refractivity contribution in [2.75, 3.05) is 26.7 Å². The number of likely N-dealkylation sites (N-methyl/N-ethyl adjacent to an activating group) is 1. The van der Waals surface area contributed by atoms with Gasteiger partial charge in [0.25, 0.3) is 0 Å². The third-order valence-electron chi connectivity index (χ3n) is 4.68. The summed E-state index contributed by atoms with van der Waals surface area (Å²) in [6, 6.07) is 0.787. The molecule has 0 spiro atoms. The maximum absolute atomic E-state index is 12.1. The molecule has 1 saturated carbocycles. The first kappa shape index (κ1) is 18.4. The maximum Gasteiger partial charge on any atom is 0.326 e. The van der Waals surface area contributed by atoms with Crippen molar-refractivity contribution in [2.45, 2.75) is 77.3 Å². The number of carbonyl (C=O) groups excluding carboxylic acids is 1. The number of unbranched alkanes of at least 4 members (excludes halogenated alkanes) is 1. The van der Waals surface area contributed by atoms with Gasteiger partial charge >= 0.3 is 5.97 Å². The van der Waals surface area contributed by atoms with E-state index in [1.54, 1.807) is 0 Å². The minimum absolute atomic E-state index is 0.115. The summed E-state index contributed by atoms with van der Waals surface area (Å²) in [4.78, 5) is 14.6. The van der Waals surface area contributed by atoms with Gasteiger partial charge in [-0.1, -0.05) is 19.8 Å². The lowest BCUT2D eigenvalue weighted by atomic mass is 9.94. The van der Waals surface area contributed by atoms with Crippen LogP contribution in [0.3, 0.4) is 0 Å². The molecule has 1 aliphatic rings. The second kappa shape index (κ2) is 9.42. The summed E-state index contributed by atoms with van der Waals surface area (Å²) < 4.78 is 5.21. The summed E-state index contributed by atoms with van der Waals surface area (Å²) in [5, 5.41) is 3.30. The fourth-order valence-corrected chi connectivity index (χ4v) is 3.31. The number of rotatable bonds is 10. The fourth-order valence-electron chi connectivity index (χ4n) is 3.31. The molecule has 0 heterocycles. The molecule has 1 unspecified atom stereocenters. The van der Waals surface area contributed by atoms with Crippen LogP contribution < -0.4 is 5.32 Å². The highest BCUT2D eigenvalue weighted by atomic mass is 16.5. The summed E-state index contributed by atoms with van der Waals surface area (Å²) >= 11 is 0. The van der Waals surface area contributed by atoms with Gasteiger partial charge in [-0.2, -0.15) is 0 Å². The zero-order chi connectivity index (χ0) is 15.7. The fraction of sp³-hybridized carbons (Fsp3) is 0.941. The molecule has 0 aromatic carbocycles. The van der Waals surface area contributed by atoms with Gasteiger partial charge in [-0.25, -0.2) is 0 Å². The molecule has 4 heteroatoms. The van der Waals surface area contributed by atoms with Crippen LogP contribution >= 0.6 is 0 Å². The monoisotopic (exact) mass is 298 g/mol. The van der Waals surface area contributed by atoms with Crippen LogP contribution in [0.25, 0.3) is 0 Å². The van der Waals surface area contributed by atoms with Crippen LogP contribution in [-0.2, 0) is 9.53 Å². The lowest BCUT2D eigenvalue weighted by Gasteiger charge is -2.29. The number of hydrogen-bond donors (Lipinski definition) is 1.